The molecule has 1 aromatic carbocycles. The molecule has 1 aliphatic rings. The number of rotatable bonds is 1. The fraction of sp³-hybridized carbons (Fsp3) is 0.538. The molecule has 0 heterocycles. The lowest BCUT2D eigenvalue weighted by atomic mass is 9.76. The lowest BCUT2D eigenvalue weighted by molar-refractivity contribution is 0.300. The molecule has 0 saturated heterocycles. The van der Waals surface area contributed by atoms with Crippen LogP contribution in [-0.4, -0.2) is 0 Å². The van der Waals surface area contributed by atoms with Gasteiger partial charge in [-0.25, -0.2) is 4.39 Å². The molecule has 0 aliphatic heterocycles. The van der Waals surface area contributed by atoms with Gasteiger partial charge >= 0.3 is 0 Å². The Kier molecular flexibility index (Phi) is 3.22. The van der Waals surface area contributed by atoms with Crippen LogP contribution in [0.1, 0.15) is 43.2 Å². The van der Waals surface area contributed by atoms with Crippen LogP contribution in [0.5, 0.6) is 0 Å². The first-order chi connectivity index (χ1) is 7.54. The van der Waals surface area contributed by atoms with Crippen LogP contribution in [0.4, 0.5) is 4.39 Å². The second-order valence-corrected chi connectivity index (χ2v) is 5.16. The Labute approximate surface area is 101 Å². The Hall–Kier alpha value is -0.600. The molecule has 0 amide bonds. The van der Waals surface area contributed by atoms with Gasteiger partial charge in [-0.1, -0.05) is 36.9 Å². The third-order valence-electron chi connectivity index (χ3n) is 3.62. The predicted octanol–water partition coefficient (Wildman–Crippen LogP) is 3.91. The molecule has 16 heavy (non-hydrogen) atoms. The number of halogens is 2. The minimum Gasteiger partial charge on any atom is -0.321 e. The molecule has 0 aromatic heterocycles. The van der Waals surface area contributed by atoms with Gasteiger partial charge in [0, 0.05) is 5.54 Å². The summed E-state index contributed by atoms with van der Waals surface area (Å²) in [5.74, 6) is -0.324. The van der Waals surface area contributed by atoms with Gasteiger partial charge < -0.3 is 5.73 Å². The molecule has 1 aromatic rings. The molecule has 1 fully saturated rings. The van der Waals surface area contributed by atoms with Crippen LogP contribution in [0, 0.1) is 12.7 Å². The molecule has 0 atom stereocenters. The maximum absolute atomic E-state index is 13.7. The zero-order chi connectivity index (χ0) is 11.8. The van der Waals surface area contributed by atoms with Gasteiger partial charge in [0.15, 0.2) is 0 Å². The Morgan fingerprint density at radius 2 is 1.88 bits per heavy atom. The Morgan fingerprint density at radius 1 is 1.25 bits per heavy atom. The highest BCUT2D eigenvalue weighted by molar-refractivity contribution is 6.30. The predicted molar refractivity (Wildman–Crippen MR) is 65.1 cm³/mol. The second kappa shape index (κ2) is 4.34. The van der Waals surface area contributed by atoms with E-state index in [9.17, 15) is 4.39 Å². The van der Waals surface area contributed by atoms with Crippen LogP contribution in [0.25, 0.3) is 0 Å². The van der Waals surface area contributed by atoms with Crippen LogP contribution < -0.4 is 5.73 Å². The van der Waals surface area contributed by atoms with E-state index in [4.69, 9.17) is 17.3 Å². The van der Waals surface area contributed by atoms with Gasteiger partial charge in [0.1, 0.15) is 5.82 Å². The van der Waals surface area contributed by atoms with Crippen molar-refractivity contribution in [3.8, 4) is 0 Å². The summed E-state index contributed by atoms with van der Waals surface area (Å²) < 4.78 is 13.7. The smallest absolute Gasteiger partial charge is 0.145 e. The average molecular weight is 242 g/mol. The first-order valence-corrected chi connectivity index (χ1v) is 6.16. The lowest BCUT2D eigenvalue weighted by Gasteiger charge is -2.35. The molecule has 2 rings (SSSR count). The molecule has 0 unspecified atom stereocenters. The summed E-state index contributed by atoms with van der Waals surface area (Å²) in [7, 11) is 0. The first kappa shape index (κ1) is 11.9. The number of hydrogen-bond donors (Lipinski definition) is 1. The minimum absolute atomic E-state index is 0.181. The zero-order valence-corrected chi connectivity index (χ0v) is 10.3. The van der Waals surface area contributed by atoms with Crippen molar-refractivity contribution in [2.75, 3.05) is 0 Å². The summed E-state index contributed by atoms with van der Waals surface area (Å²) in [5, 5.41) is 0.181. The van der Waals surface area contributed by atoms with Crippen LogP contribution in [0.2, 0.25) is 5.02 Å². The molecule has 1 aliphatic carbocycles. The fourth-order valence-corrected chi connectivity index (χ4v) is 2.85. The van der Waals surface area contributed by atoms with Gasteiger partial charge in [0.05, 0.1) is 5.02 Å². The van der Waals surface area contributed by atoms with E-state index >= 15 is 0 Å². The van der Waals surface area contributed by atoms with Gasteiger partial charge in [-0.15, -0.1) is 0 Å². The summed E-state index contributed by atoms with van der Waals surface area (Å²) in [6.07, 6.45) is 5.36. The van der Waals surface area contributed by atoms with Crippen molar-refractivity contribution in [2.45, 2.75) is 44.6 Å². The summed E-state index contributed by atoms with van der Waals surface area (Å²) in [6, 6.07) is 3.49. The van der Waals surface area contributed by atoms with Crippen molar-refractivity contribution in [2.24, 2.45) is 5.73 Å². The molecule has 0 bridgehead atoms. The average Bonchev–Trinajstić information content (AvgIpc) is 2.27. The molecule has 88 valence electrons. The summed E-state index contributed by atoms with van der Waals surface area (Å²) in [6.45, 7) is 1.76. The fourth-order valence-electron chi connectivity index (χ4n) is 2.64. The molecular formula is C13H17ClFN. The monoisotopic (exact) mass is 241 g/mol. The summed E-state index contributed by atoms with van der Waals surface area (Å²) in [4.78, 5) is 0. The van der Waals surface area contributed by atoms with Gasteiger partial charge in [0.25, 0.3) is 0 Å². The van der Waals surface area contributed by atoms with Gasteiger partial charge in [0.2, 0.25) is 0 Å². The van der Waals surface area contributed by atoms with E-state index < -0.39 is 0 Å². The molecule has 1 nitrogen and oxygen atoms in total. The van der Waals surface area contributed by atoms with E-state index in [2.05, 4.69) is 0 Å². The van der Waals surface area contributed by atoms with Crippen molar-refractivity contribution in [1.82, 2.24) is 0 Å². The third kappa shape index (κ3) is 1.96. The normalized spacial score (nSPS) is 19.8. The van der Waals surface area contributed by atoms with E-state index in [1.165, 1.54) is 6.42 Å². The van der Waals surface area contributed by atoms with E-state index in [1.54, 1.807) is 13.0 Å². The van der Waals surface area contributed by atoms with Crippen LogP contribution in [-0.2, 0) is 5.54 Å². The standard InChI is InChI=1S/C13H17ClFN/c1-9-10(5-6-11(14)12(9)15)13(16)7-3-2-4-8-13/h5-6H,2-4,7-8,16H2,1H3. The first-order valence-electron chi connectivity index (χ1n) is 5.78. The van der Waals surface area contributed by atoms with E-state index in [-0.39, 0.29) is 16.4 Å². The molecular weight excluding hydrogens is 225 g/mol. The van der Waals surface area contributed by atoms with Crippen molar-refractivity contribution in [1.29, 1.82) is 0 Å². The largest absolute Gasteiger partial charge is 0.321 e. The van der Waals surface area contributed by atoms with E-state index in [0.29, 0.717) is 5.56 Å². The van der Waals surface area contributed by atoms with Gasteiger partial charge in [-0.3, -0.25) is 0 Å². The van der Waals surface area contributed by atoms with E-state index in [0.717, 1.165) is 31.2 Å². The highest BCUT2D eigenvalue weighted by Crippen LogP contribution is 2.37. The third-order valence-corrected chi connectivity index (χ3v) is 3.91. The topological polar surface area (TPSA) is 26.0 Å². The Morgan fingerprint density at radius 3 is 2.50 bits per heavy atom. The van der Waals surface area contributed by atoms with E-state index in [1.807, 2.05) is 6.07 Å². The molecule has 2 N–H and O–H groups in total. The lowest BCUT2D eigenvalue weighted by Crippen LogP contribution is -2.39. The number of benzene rings is 1. The van der Waals surface area contributed by atoms with Crippen LogP contribution in [0.3, 0.4) is 0 Å². The van der Waals surface area contributed by atoms with Crippen molar-refractivity contribution in [3.05, 3.63) is 34.1 Å². The quantitative estimate of drug-likeness (QED) is 0.793. The second-order valence-electron chi connectivity index (χ2n) is 4.75. The highest BCUT2D eigenvalue weighted by atomic mass is 35.5. The maximum Gasteiger partial charge on any atom is 0.145 e. The van der Waals surface area contributed by atoms with Crippen molar-refractivity contribution < 1.29 is 4.39 Å². The van der Waals surface area contributed by atoms with Crippen molar-refractivity contribution in [3.63, 3.8) is 0 Å². The number of nitrogens with two attached hydrogens (primary N) is 1. The van der Waals surface area contributed by atoms with Gasteiger partial charge in [-0.2, -0.15) is 0 Å². The van der Waals surface area contributed by atoms with Crippen LogP contribution >= 0.6 is 11.6 Å². The molecule has 0 spiro atoms. The minimum atomic E-state index is -0.353. The molecule has 3 heteroatoms. The maximum atomic E-state index is 13.7. The van der Waals surface area contributed by atoms with Gasteiger partial charge in [-0.05, 0) is 37.0 Å². The Bertz CT molecular complexity index is 397. The SMILES string of the molecule is Cc1c(C2(N)CCCCC2)ccc(Cl)c1F. The summed E-state index contributed by atoms with van der Waals surface area (Å²) in [5.41, 5.74) is 7.57. The van der Waals surface area contributed by atoms with Crippen LogP contribution in [0.15, 0.2) is 12.1 Å². The highest BCUT2D eigenvalue weighted by Gasteiger charge is 2.31. The summed E-state index contributed by atoms with van der Waals surface area (Å²) >= 11 is 5.75. The number of hydrogen-bond acceptors (Lipinski definition) is 1. The Balaban J connectivity index is 2.43. The van der Waals surface area contributed by atoms with Crippen molar-refractivity contribution >= 4 is 11.6 Å². The zero-order valence-electron chi connectivity index (χ0n) is 9.52. The molecule has 0 radical (unpaired) electrons. The molecule has 1 saturated carbocycles.